The van der Waals surface area contributed by atoms with Crippen LogP contribution in [0.3, 0.4) is 0 Å². The van der Waals surface area contributed by atoms with Crippen LogP contribution in [0.15, 0.2) is 28.0 Å². The van der Waals surface area contributed by atoms with Gasteiger partial charge in [0, 0.05) is 18.8 Å². The van der Waals surface area contributed by atoms with E-state index in [1.165, 1.54) is 9.36 Å². The third-order valence-corrected chi connectivity index (χ3v) is 5.31. The van der Waals surface area contributed by atoms with Gasteiger partial charge in [-0.1, -0.05) is 23.9 Å². The number of hydrogen-bond acceptors (Lipinski definition) is 6. The van der Waals surface area contributed by atoms with Crippen LogP contribution in [-0.4, -0.2) is 36.5 Å². The molecule has 0 saturated carbocycles. The number of thioether (sulfide) groups is 2. The molecule has 0 aliphatic rings. The number of aromatic nitrogens is 4. The van der Waals surface area contributed by atoms with E-state index in [0.717, 1.165) is 26.9 Å². The van der Waals surface area contributed by atoms with Crippen LogP contribution in [0.25, 0.3) is 5.69 Å². The fraction of sp³-hybridized carbons (Fsp3) is 0.467. The summed E-state index contributed by atoms with van der Waals surface area (Å²) in [7, 11) is 1.59. The summed E-state index contributed by atoms with van der Waals surface area (Å²) in [6.07, 6.45) is 2.03. The molecule has 1 aromatic heterocycles. The zero-order chi connectivity index (χ0) is 17.0. The van der Waals surface area contributed by atoms with Gasteiger partial charge in [0.1, 0.15) is 4.38 Å². The van der Waals surface area contributed by atoms with Gasteiger partial charge in [-0.05, 0) is 54.6 Å². The van der Waals surface area contributed by atoms with Crippen molar-refractivity contribution in [3.05, 3.63) is 39.8 Å². The van der Waals surface area contributed by atoms with E-state index in [-0.39, 0.29) is 11.7 Å². The molecule has 1 aromatic carbocycles. The molecule has 0 saturated heterocycles. The lowest BCUT2D eigenvalue weighted by Gasteiger charge is -2.12. The number of hydrogen-bond donors (Lipinski definition) is 0. The van der Waals surface area contributed by atoms with Crippen LogP contribution < -0.4 is 5.69 Å². The van der Waals surface area contributed by atoms with Crippen molar-refractivity contribution < 1.29 is 0 Å². The second-order valence-electron chi connectivity index (χ2n) is 5.35. The first-order valence-corrected chi connectivity index (χ1v) is 9.47. The predicted molar refractivity (Wildman–Crippen MR) is 98.7 cm³/mol. The lowest BCUT2D eigenvalue weighted by molar-refractivity contribution is 0.692. The summed E-state index contributed by atoms with van der Waals surface area (Å²) in [6, 6.07) is 6.14. The van der Waals surface area contributed by atoms with Gasteiger partial charge in [0.2, 0.25) is 0 Å². The molecule has 0 fully saturated rings. The molecule has 124 valence electrons. The molecule has 2 aromatic rings. The number of benzene rings is 1. The molecule has 23 heavy (non-hydrogen) atoms. The average molecular weight is 352 g/mol. The van der Waals surface area contributed by atoms with Crippen molar-refractivity contribution in [2.24, 2.45) is 12.0 Å². The highest BCUT2D eigenvalue weighted by molar-refractivity contribution is 8.38. The number of rotatable bonds is 4. The van der Waals surface area contributed by atoms with E-state index in [1.54, 1.807) is 30.6 Å². The van der Waals surface area contributed by atoms with Gasteiger partial charge in [0.15, 0.2) is 0 Å². The Morgan fingerprint density at radius 2 is 2.09 bits per heavy atom. The van der Waals surface area contributed by atoms with E-state index in [2.05, 4.69) is 29.3 Å². The third-order valence-electron chi connectivity index (χ3n) is 3.21. The Morgan fingerprint density at radius 3 is 2.65 bits per heavy atom. The lowest BCUT2D eigenvalue weighted by Crippen LogP contribution is -2.23. The van der Waals surface area contributed by atoms with Crippen molar-refractivity contribution in [2.45, 2.75) is 32.6 Å². The van der Waals surface area contributed by atoms with Gasteiger partial charge in [-0.3, -0.25) is 4.99 Å². The van der Waals surface area contributed by atoms with Crippen molar-refractivity contribution in [2.75, 3.05) is 6.26 Å². The second kappa shape index (κ2) is 7.83. The normalized spacial score (nSPS) is 12.2. The van der Waals surface area contributed by atoms with Crippen molar-refractivity contribution in [1.82, 2.24) is 19.8 Å². The Labute approximate surface area is 144 Å². The van der Waals surface area contributed by atoms with Crippen LogP contribution in [0.5, 0.6) is 0 Å². The third kappa shape index (κ3) is 4.26. The molecule has 1 heterocycles. The largest absolute Gasteiger partial charge is 0.368 e. The van der Waals surface area contributed by atoms with Gasteiger partial charge >= 0.3 is 5.69 Å². The highest BCUT2D eigenvalue weighted by Crippen LogP contribution is 2.26. The maximum absolute atomic E-state index is 12.1. The average Bonchev–Trinajstić information content (AvgIpc) is 2.83. The quantitative estimate of drug-likeness (QED) is 0.626. The van der Waals surface area contributed by atoms with Crippen molar-refractivity contribution in [3.63, 3.8) is 0 Å². The van der Waals surface area contributed by atoms with E-state index >= 15 is 0 Å². The Hall–Kier alpha value is -1.54. The van der Waals surface area contributed by atoms with E-state index in [4.69, 9.17) is 0 Å². The molecule has 0 unspecified atom stereocenters. The Morgan fingerprint density at radius 1 is 1.35 bits per heavy atom. The summed E-state index contributed by atoms with van der Waals surface area (Å²) < 4.78 is 3.62. The first-order valence-electron chi connectivity index (χ1n) is 7.26. The van der Waals surface area contributed by atoms with Crippen LogP contribution in [-0.2, 0) is 12.8 Å². The van der Waals surface area contributed by atoms with Crippen LogP contribution in [0.1, 0.15) is 25.0 Å². The highest BCUT2D eigenvalue weighted by Gasteiger charge is 2.14. The van der Waals surface area contributed by atoms with E-state index in [1.807, 2.05) is 31.4 Å². The summed E-state index contributed by atoms with van der Waals surface area (Å²) in [6.45, 7) is 6.17. The summed E-state index contributed by atoms with van der Waals surface area (Å²) in [5, 5.41) is 7.75. The first kappa shape index (κ1) is 17.8. The molecule has 0 atom stereocenters. The van der Waals surface area contributed by atoms with Crippen molar-refractivity contribution in [3.8, 4) is 5.69 Å². The second-order valence-corrected chi connectivity index (χ2v) is 7.37. The molecule has 2 rings (SSSR count). The minimum atomic E-state index is -0.247. The zero-order valence-electron chi connectivity index (χ0n) is 14.0. The Bertz CT molecular complexity index is 763. The summed E-state index contributed by atoms with van der Waals surface area (Å²) in [5.74, 6) is 0.734. The van der Waals surface area contributed by atoms with E-state index in [9.17, 15) is 4.79 Å². The molecule has 8 heteroatoms. The fourth-order valence-corrected chi connectivity index (χ4v) is 3.92. The lowest BCUT2D eigenvalue weighted by atomic mass is 10.1. The summed E-state index contributed by atoms with van der Waals surface area (Å²) in [5.41, 5.74) is 2.73. The smallest absolute Gasteiger partial charge is 0.269 e. The molecule has 0 radical (unpaired) electrons. The minimum absolute atomic E-state index is 0.247. The summed E-state index contributed by atoms with van der Waals surface area (Å²) in [4.78, 5) is 16.7. The molecule has 0 aliphatic heterocycles. The fourth-order valence-electron chi connectivity index (χ4n) is 2.03. The molecule has 6 nitrogen and oxygen atoms in total. The van der Waals surface area contributed by atoms with Crippen molar-refractivity contribution in [1.29, 1.82) is 0 Å². The maximum atomic E-state index is 12.1. The number of tetrazole rings is 1. The summed E-state index contributed by atoms with van der Waals surface area (Å²) >= 11 is 3.33. The molecule has 0 spiro atoms. The van der Waals surface area contributed by atoms with Crippen LogP contribution >= 0.6 is 23.5 Å². The van der Waals surface area contributed by atoms with Gasteiger partial charge in [-0.2, -0.15) is 9.36 Å². The van der Waals surface area contributed by atoms with Crippen LogP contribution in [0, 0.1) is 6.92 Å². The number of aliphatic imine (C=N–C) groups is 1. The molecule has 0 amide bonds. The standard InChI is InChI=1S/C15H21N5OS2/c1-10(2)16-14(22-5)23-9-12-11(3)7-6-8-13(12)20-15(21)19(4)17-18-20/h6-8,10H,9H2,1-5H3/b16-14-. The SMILES string of the molecule is CS/C(=N/C(C)C)SCc1c(C)cccc1-n1nnn(C)c1=O. The van der Waals surface area contributed by atoms with E-state index < -0.39 is 0 Å². The van der Waals surface area contributed by atoms with Crippen LogP contribution in [0.4, 0.5) is 0 Å². The number of aryl methyl sites for hydroxylation is 2. The topological polar surface area (TPSA) is 65.1 Å². The van der Waals surface area contributed by atoms with Crippen molar-refractivity contribution >= 4 is 27.9 Å². The number of nitrogens with zero attached hydrogens (tertiary/aromatic N) is 5. The van der Waals surface area contributed by atoms with Gasteiger partial charge in [-0.25, -0.2) is 4.79 Å². The maximum Gasteiger partial charge on any atom is 0.368 e. The molecule has 0 bridgehead atoms. The Balaban J connectivity index is 2.36. The highest BCUT2D eigenvalue weighted by atomic mass is 32.2. The molecule has 0 N–H and O–H groups in total. The predicted octanol–water partition coefficient (Wildman–Crippen LogP) is 2.64. The molecular formula is C15H21N5OS2. The minimum Gasteiger partial charge on any atom is -0.269 e. The first-order chi connectivity index (χ1) is 10.9. The molecule has 0 aliphatic carbocycles. The van der Waals surface area contributed by atoms with Gasteiger partial charge in [0.05, 0.1) is 5.69 Å². The van der Waals surface area contributed by atoms with Crippen LogP contribution in [0.2, 0.25) is 0 Å². The van der Waals surface area contributed by atoms with Gasteiger partial charge in [0.25, 0.3) is 0 Å². The Kier molecular flexibility index (Phi) is 6.06. The zero-order valence-corrected chi connectivity index (χ0v) is 15.6. The monoisotopic (exact) mass is 351 g/mol. The molecular weight excluding hydrogens is 330 g/mol. The van der Waals surface area contributed by atoms with Gasteiger partial charge < -0.3 is 0 Å². The van der Waals surface area contributed by atoms with Gasteiger partial charge in [-0.15, -0.1) is 11.8 Å². The van der Waals surface area contributed by atoms with E-state index in [0.29, 0.717) is 0 Å².